The summed E-state index contributed by atoms with van der Waals surface area (Å²) in [4.78, 5) is 12.2. The highest BCUT2D eigenvalue weighted by molar-refractivity contribution is 9.10. The first-order valence-corrected chi connectivity index (χ1v) is 7.47. The molecule has 0 aromatic carbocycles. The van der Waals surface area contributed by atoms with Gasteiger partial charge < -0.3 is 0 Å². The highest BCUT2D eigenvalue weighted by atomic mass is 79.9. The largest absolute Gasteiger partial charge is 0.392 e. The van der Waals surface area contributed by atoms with Crippen molar-refractivity contribution in [1.29, 1.82) is 0 Å². The summed E-state index contributed by atoms with van der Waals surface area (Å²) in [6.07, 6.45) is -2.61. The van der Waals surface area contributed by atoms with Gasteiger partial charge in [0, 0.05) is 26.7 Å². The van der Waals surface area contributed by atoms with Crippen LogP contribution in [0.25, 0.3) is 0 Å². The molecule has 0 amide bonds. The van der Waals surface area contributed by atoms with Crippen LogP contribution in [0, 0.1) is 11.8 Å². The van der Waals surface area contributed by atoms with Crippen LogP contribution in [0.15, 0.2) is 15.2 Å². The van der Waals surface area contributed by atoms with E-state index in [0.29, 0.717) is 29.3 Å². The molecule has 0 aliphatic heterocycles. The van der Waals surface area contributed by atoms with E-state index in [1.807, 2.05) is 0 Å². The Hall–Kier alpha value is -0.360. The normalized spacial score (nSPS) is 25.1. The van der Waals surface area contributed by atoms with Crippen LogP contribution < -0.4 is 0 Å². The Labute approximate surface area is 116 Å². The van der Waals surface area contributed by atoms with Gasteiger partial charge in [-0.2, -0.15) is 24.5 Å². The van der Waals surface area contributed by atoms with Crippen LogP contribution in [-0.4, -0.2) is 12.0 Å². The molecule has 1 aromatic heterocycles. The van der Waals surface area contributed by atoms with Crippen LogP contribution in [0.5, 0.6) is 0 Å². The molecule has 2 atom stereocenters. The molecule has 1 aromatic rings. The van der Waals surface area contributed by atoms with Gasteiger partial charge in [-0.3, -0.25) is 4.79 Å². The first-order valence-electron chi connectivity index (χ1n) is 5.74. The van der Waals surface area contributed by atoms with E-state index in [0.717, 1.165) is 0 Å². The monoisotopic (exact) mass is 340 g/mol. The summed E-state index contributed by atoms with van der Waals surface area (Å²) in [6.45, 7) is 0. The maximum Gasteiger partial charge on any atom is 0.392 e. The number of Topliss-reactive ketones (excluding diaryl/α,β-unsaturated/α-hetero) is 1. The number of carbonyl (C=O) groups excluding carboxylic acids is 1. The van der Waals surface area contributed by atoms with Gasteiger partial charge in [0.25, 0.3) is 0 Å². The molecule has 6 heteroatoms. The second-order valence-electron chi connectivity index (χ2n) is 4.54. The molecule has 100 valence electrons. The summed E-state index contributed by atoms with van der Waals surface area (Å²) in [7, 11) is 0. The minimum absolute atomic E-state index is 0.0711. The molecule has 1 nitrogen and oxygen atoms in total. The number of ketones is 1. The molecule has 2 unspecified atom stereocenters. The van der Waals surface area contributed by atoms with Crippen molar-refractivity contribution in [3.05, 3.63) is 20.8 Å². The van der Waals surface area contributed by atoms with Gasteiger partial charge in [-0.25, -0.2) is 0 Å². The van der Waals surface area contributed by atoms with Gasteiger partial charge in [0.1, 0.15) is 0 Å². The van der Waals surface area contributed by atoms with E-state index < -0.39 is 18.0 Å². The maximum atomic E-state index is 12.9. The van der Waals surface area contributed by atoms with Crippen molar-refractivity contribution in [3.8, 4) is 0 Å². The minimum atomic E-state index is -4.27. The van der Waals surface area contributed by atoms with Gasteiger partial charge in [0.05, 0.1) is 5.92 Å². The van der Waals surface area contributed by atoms with Crippen molar-refractivity contribution in [2.75, 3.05) is 0 Å². The summed E-state index contributed by atoms with van der Waals surface area (Å²) in [6, 6.07) is 0. The predicted molar refractivity (Wildman–Crippen MR) is 67.9 cm³/mol. The second-order valence-corrected chi connectivity index (χ2v) is 6.13. The quantitative estimate of drug-likeness (QED) is 0.687. The first-order chi connectivity index (χ1) is 8.41. The molecule has 0 radical (unpaired) electrons. The van der Waals surface area contributed by atoms with Gasteiger partial charge in [0.2, 0.25) is 0 Å². The lowest BCUT2D eigenvalue weighted by Crippen LogP contribution is -2.37. The number of alkyl halides is 3. The summed E-state index contributed by atoms with van der Waals surface area (Å²) >= 11 is 4.53. The Balaban J connectivity index is 2.25. The lowest BCUT2D eigenvalue weighted by molar-refractivity contribution is -0.190. The standard InChI is InChI=1S/C12H12BrF3OS/c13-10-6-18-5-8(10)11(17)7-3-1-2-4-9(7)12(14,15)16/h5-7,9H,1-4H2. The van der Waals surface area contributed by atoms with E-state index in [4.69, 9.17) is 0 Å². The number of halogens is 4. The Bertz CT molecular complexity index is 441. The SMILES string of the molecule is O=C(c1cscc1Br)C1CCCCC1C(F)(F)F. The third kappa shape index (κ3) is 2.79. The molecule has 0 spiro atoms. The average molecular weight is 341 g/mol. The fourth-order valence-corrected chi connectivity index (χ4v) is 3.97. The molecule has 18 heavy (non-hydrogen) atoms. The fourth-order valence-electron chi connectivity index (χ4n) is 2.49. The lowest BCUT2D eigenvalue weighted by atomic mass is 9.75. The summed E-state index contributed by atoms with van der Waals surface area (Å²) in [5, 5.41) is 3.34. The van der Waals surface area contributed by atoms with E-state index in [9.17, 15) is 18.0 Å². The Morgan fingerprint density at radius 1 is 1.28 bits per heavy atom. The molecular weight excluding hydrogens is 329 g/mol. The van der Waals surface area contributed by atoms with E-state index in [2.05, 4.69) is 15.9 Å². The second kappa shape index (κ2) is 5.33. The van der Waals surface area contributed by atoms with Crippen LogP contribution in [0.3, 0.4) is 0 Å². The molecule has 1 heterocycles. The Morgan fingerprint density at radius 3 is 2.50 bits per heavy atom. The summed E-state index contributed by atoms with van der Waals surface area (Å²) in [5.41, 5.74) is 0.390. The molecule has 1 fully saturated rings. The molecule has 2 rings (SSSR count). The third-order valence-corrected chi connectivity index (χ3v) is 5.11. The van der Waals surface area contributed by atoms with E-state index in [1.54, 1.807) is 10.8 Å². The van der Waals surface area contributed by atoms with Gasteiger partial charge in [-0.1, -0.05) is 12.8 Å². The number of carbonyl (C=O) groups is 1. The summed E-state index contributed by atoms with van der Waals surface area (Å²) < 4.78 is 39.4. The minimum Gasteiger partial charge on any atom is -0.294 e. The van der Waals surface area contributed by atoms with Crippen LogP contribution >= 0.6 is 27.3 Å². The Morgan fingerprint density at radius 2 is 1.94 bits per heavy atom. The van der Waals surface area contributed by atoms with E-state index in [1.165, 1.54) is 11.3 Å². The zero-order chi connectivity index (χ0) is 13.3. The topological polar surface area (TPSA) is 17.1 Å². The smallest absolute Gasteiger partial charge is 0.294 e. The van der Waals surface area contributed by atoms with Crippen LogP contribution in [0.2, 0.25) is 0 Å². The van der Waals surface area contributed by atoms with Crippen LogP contribution in [0.1, 0.15) is 36.0 Å². The highest BCUT2D eigenvalue weighted by Crippen LogP contribution is 2.43. The van der Waals surface area contributed by atoms with Crippen molar-refractivity contribution in [3.63, 3.8) is 0 Å². The van der Waals surface area contributed by atoms with Gasteiger partial charge in [-0.05, 0) is 28.8 Å². The first kappa shape index (κ1) is 14.1. The zero-order valence-corrected chi connectivity index (χ0v) is 11.9. The van der Waals surface area contributed by atoms with Gasteiger partial charge in [-0.15, -0.1) is 0 Å². The highest BCUT2D eigenvalue weighted by Gasteiger charge is 2.48. The van der Waals surface area contributed by atoms with Gasteiger partial charge in [0.15, 0.2) is 5.78 Å². The molecule has 0 N–H and O–H groups in total. The summed E-state index contributed by atoms with van der Waals surface area (Å²) in [5.74, 6) is -2.76. The fraction of sp³-hybridized carbons (Fsp3) is 0.583. The number of hydrogen-bond donors (Lipinski definition) is 0. The maximum absolute atomic E-state index is 12.9. The zero-order valence-electron chi connectivity index (χ0n) is 9.47. The molecule has 0 saturated heterocycles. The Kier molecular flexibility index (Phi) is 4.16. The molecular formula is C12H12BrF3OS. The van der Waals surface area contributed by atoms with Crippen molar-refractivity contribution in [2.45, 2.75) is 31.9 Å². The van der Waals surface area contributed by atoms with E-state index in [-0.39, 0.29) is 12.2 Å². The third-order valence-electron chi connectivity index (χ3n) is 3.40. The van der Waals surface area contributed by atoms with Crippen LogP contribution in [0.4, 0.5) is 13.2 Å². The number of thiophene rings is 1. The number of hydrogen-bond acceptors (Lipinski definition) is 2. The average Bonchev–Trinajstić information content (AvgIpc) is 2.73. The van der Waals surface area contributed by atoms with Crippen molar-refractivity contribution in [2.24, 2.45) is 11.8 Å². The lowest BCUT2D eigenvalue weighted by Gasteiger charge is -2.31. The molecule has 1 aliphatic rings. The number of rotatable bonds is 2. The van der Waals surface area contributed by atoms with Crippen molar-refractivity contribution >= 4 is 33.0 Å². The van der Waals surface area contributed by atoms with Crippen LogP contribution in [-0.2, 0) is 0 Å². The molecule has 1 aliphatic carbocycles. The van der Waals surface area contributed by atoms with Crippen molar-refractivity contribution in [1.82, 2.24) is 0 Å². The predicted octanol–water partition coefficient (Wildman–Crippen LogP) is 5.06. The molecule has 0 bridgehead atoms. The van der Waals surface area contributed by atoms with Crippen molar-refractivity contribution < 1.29 is 18.0 Å². The van der Waals surface area contributed by atoms with E-state index >= 15 is 0 Å². The van der Waals surface area contributed by atoms with Gasteiger partial charge >= 0.3 is 6.18 Å². The molecule has 1 saturated carbocycles.